The molecule has 0 aromatic heterocycles. The first-order valence-corrected chi connectivity index (χ1v) is 6.97. The Bertz CT molecular complexity index is 589. The molecule has 6 nitrogen and oxygen atoms in total. The van der Waals surface area contributed by atoms with E-state index in [0.29, 0.717) is 11.6 Å². The van der Waals surface area contributed by atoms with Gasteiger partial charge in [-0.2, -0.15) is 0 Å². The third-order valence-corrected chi connectivity index (χ3v) is 3.78. The minimum atomic E-state index is -0.629. The molecule has 1 heterocycles. The molecule has 112 valence electrons. The first-order chi connectivity index (χ1) is 9.97. The van der Waals surface area contributed by atoms with E-state index in [0.717, 1.165) is 11.1 Å². The molecule has 1 aliphatic rings. The monoisotopic (exact) mass is 309 g/mol. The van der Waals surface area contributed by atoms with Crippen LogP contribution in [-0.2, 0) is 16.1 Å². The number of hydrogen-bond acceptors (Lipinski definition) is 3. The van der Waals surface area contributed by atoms with Gasteiger partial charge in [-0.25, -0.2) is 4.79 Å². The minimum absolute atomic E-state index is 0.165. The molecule has 3 N–H and O–H groups in total. The lowest BCUT2D eigenvalue weighted by Gasteiger charge is -2.10. The van der Waals surface area contributed by atoms with E-state index < -0.39 is 18.0 Å². The summed E-state index contributed by atoms with van der Waals surface area (Å²) in [5, 5.41) is 8.01. The number of carbonyl (C=O) groups is 3. The first-order valence-electron chi connectivity index (χ1n) is 6.59. The zero-order chi connectivity index (χ0) is 15.4. The Balaban J connectivity index is 1.79. The Labute approximate surface area is 127 Å². The topological polar surface area (TPSA) is 87.3 Å². The van der Waals surface area contributed by atoms with Gasteiger partial charge in [0.2, 0.25) is 5.91 Å². The highest BCUT2D eigenvalue weighted by Crippen LogP contribution is 2.18. The summed E-state index contributed by atoms with van der Waals surface area (Å²) < 4.78 is 0. The fourth-order valence-corrected chi connectivity index (χ4v) is 2.26. The average Bonchev–Trinajstić information content (AvgIpc) is 2.76. The molecule has 0 unspecified atom stereocenters. The van der Waals surface area contributed by atoms with Crippen molar-refractivity contribution in [3.8, 4) is 0 Å². The summed E-state index contributed by atoms with van der Waals surface area (Å²) >= 11 is 6.01. The number of imide groups is 1. The molecule has 1 atom stereocenters. The molecule has 1 aromatic carbocycles. The van der Waals surface area contributed by atoms with E-state index >= 15 is 0 Å². The van der Waals surface area contributed by atoms with Gasteiger partial charge in [0, 0.05) is 18.0 Å². The number of nitrogens with one attached hydrogen (secondary N) is 3. The van der Waals surface area contributed by atoms with Crippen LogP contribution in [-0.4, -0.2) is 23.9 Å². The van der Waals surface area contributed by atoms with E-state index in [1.165, 1.54) is 0 Å². The normalized spacial score (nSPS) is 17.3. The lowest BCUT2D eigenvalue weighted by molar-refractivity contribution is -0.122. The van der Waals surface area contributed by atoms with Crippen LogP contribution in [0.25, 0.3) is 0 Å². The number of urea groups is 1. The Morgan fingerprint density at radius 3 is 2.81 bits per heavy atom. The predicted octanol–water partition coefficient (Wildman–Crippen LogP) is 1.25. The fraction of sp³-hybridized carbons (Fsp3) is 0.357. The molecule has 1 aromatic rings. The van der Waals surface area contributed by atoms with Gasteiger partial charge in [-0.1, -0.05) is 23.7 Å². The molecule has 0 aliphatic carbocycles. The molecular formula is C14H16ClN3O3. The molecule has 0 spiro atoms. The van der Waals surface area contributed by atoms with Crippen molar-refractivity contribution in [3.05, 3.63) is 34.3 Å². The Kier molecular flexibility index (Phi) is 4.80. The highest BCUT2D eigenvalue weighted by atomic mass is 35.5. The van der Waals surface area contributed by atoms with E-state index in [4.69, 9.17) is 11.6 Å². The van der Waals surface area contributed by atoms with Crippen LogP contribution in [0.3, 0.4) is 0 Å². The number of halogens is 1. The van der Waals surface area contributed by atoms with Gasteiger partial charge in [0.25, 0.3) is 5.91 Å². The largest absolute Gasteiger partial charge is 0.352 e. The summed E-state index contributed by atoms with van der Waals surface area (Å²) in [6.07, 6.45) is 0.440. The van der Waals surface area contributed by atoms with Gasteiger partial charge < -0.3 is 10.6 Å². The highest BCUT2D eigenvalue weighted by molar-refractivity contribution is 6.31. The quantitative estimate of drug-likeness (QED) is 0.715. The third-order valence-electron chi connectivity index (χ3n) is 3.37. The maximum Gasteiger partial charge on any atom is 0.322 e. The van der Waals surface area contributed by atoms with E-state index in [1.807, 2.05) is 19.1 Å². The van der Waals surface area contributed by atoms with E-state index in [2.05, 4.69) is 16.0 Å². The SMILES string of the molecule is Cc1c(Cl)cccc1CNC(=O)CC[C@@H]1NC(=O)NC1=O. The molecule has 1 aliphatic heterocycles. The molecule has 2 rings (SSSR count). The smallest absolute Gasteiger partial charge is 0.322 e. The molecule has 0 radical (unpaired) electrons. The Morgan fingerprint density at radius 2 is 2.14 bits per heavy atom. The van der Waals surface area contributed by atoms with Crippen LogP contribution >= 0.6 is 11.6 Å². The van der Waals surface area contributed by atoms with Crippen LogP contribution in [0.15, 0.2) is 18.2 Å². The number of hydrogen-bond donors (Lipinski definition) is 3. The van der Waals surface area contributed by atoms with Crippen molar-refractivity contribution in [3.63, 3.8) is 0 Å². The van der Waals surface area contributed by atoms with Crippen molar-refractivity contribution in [2.75, 3.05) is 0 Å². The zero-order valence-electron chi connectivity index (χ0n) is 11.5. The summed E-state index contributed by atoms with van der Waals surface area (Å²) in [6, 6.07) is 4.38. The van der Waals surface area contributed by atoms with E-state index in [9.17, 15) is 14.4 Å². The fourth-order valence-electron chi connectivity index (χ4n) is 2.06. The van der Waals surface area contributed by atoms with Crippen molar-refractivity contribution < 1.29 is 14.4 Å². The number of rotatable bonds is 5. The van der Waals surface area contributed by atoms with Crippen LogP contribution in [0.2, 0.25) is 5.02 Å². The Hall–Kier alpha value is -2.08. The Morgan fingerprint density at radius 1 is 1.38 bits per heavy atom. The zero-order valence-corrected chi connectivity index (χ0v) is 12.3. The van der Waals surface area contributed by atoms with E-state index in [-0.39, 0.29) is 18.7 Å². The van der Waals surface area contributed by atoms with Gasteiger partial charge in [-0.15, -0.1) is 0 Å². The molecule has 21 heavy (non-hydrogen) atoms. The van der Waals surface area contributed by atoms with Crippen LogP contribution in [0.1, 0.15) is 24.0 Å². The maximum absolute atomic E-state index is 11.8. The molecule has 7 heteroatoms. The summed E-state index contributed by atoms with van der Waals surface area (Å²) in [5.74, 6) is -0.568. The van der Waals surface area contributed by atoms with Gasteiger partial charge in [0.1, 0.15) is 6.04 Å². The molecule has 0 bridgehead atoms. The average molecular weight is 310 g/mol. The van der Waals surface area contributed by atoms with Crippen molar-refractivity contribution in [2.45, 2.75) is 32.4 Å². The molecular weight excluding hydrogens is 294 g/mol. The van der Waals surface area contributed by atoms with Crippen molar-refractivity contribution in [2.24, 2.45) is 0 Å². The number of benzene rings is 1. The molecule has 1 fully saturated rings. The van der Waals surface area contributed by atoms with Gasteiger partial charge in [0.15, 0.2) is 0 Å². The van der Waals surface area contributed by atoms with Gasteiger partial charge >= 0.3 is 6.03 Å². The number of carbonyl (C=O) groups excluding carboxylic acids is 3. The predicted molar refractivity (Wildman–Crippen MR) is 77.7 cm³/mol. The van der Waals surface area contributed by atoms with Crippen molar-refractivity contribution in [1.29, 1.82) is 0 Å². The second-order valence-corrected chi connectivity index (χ2v) is 5.26. The van der Waals surface area contributed by atoms with Gasteiger partial charge in [0.05, 0.1) is 0 Å². The number of amides is 4. The second-order valence-electron chi connectivity index (χ2n) is 4.85. The summed E-state index contributed by atoms with van der Waals surface area (Å²) in [5.41, 5.74) is 1.88. The van der Waals surface area contributed by atoms with Gasteiger partial charge in [-0.3, -0.25) is 14.9 Å². The van der Waals surface area contributed by atoms with Crippen LogP contribution in [0.5, 0.6) is 0 Å². The van der Waals surface area contributed by atoms with E-state index in [1.54, 1.807) is 6.07 Å². The van der Waals surface area contributed by atoms with Crippen LogP contribution in [0, 0.1) is 6.92 Å². The van der Waals surface area contributed by atoms with Crippen LogP contribution < -0.4 is 16.0 Å². The van der Waals surface area contributed by atoms with Gasteiger partial charge in [-0.05, 0) is 30.5 Å². The third kappa shape index (κ3) is 3.95. The lowest BCUT2D eigenvalue weighted by atomic mass is 10.1. The lowest BCUT2D eigenvalue weighted by Crippen LogP contribution is -2.31. The second kappa shape index (κ2) is 6.58. The highest BCUT2D eigenvalue weighted by Gasteiger charge is 2.29. The van der Waals surface area contributed by atoms with Crippen molar-refractivity contribution in [1.82, 2.24) is 16.0 Å². The standard InChI is InChI=1S/C14H16ClN3O3/c1-8-9(3-2-4-10(8)15)7-16-12(19)6-5-11-13(20)18-14(21)17-11/h2-4,11H,5-7H2,1H3,(H,16,19)(H2,17,18,20,21)/t11-/m0/s1. The molecule has 1 saturated heterocycles. The van der Waals surface area contributed by atoms with Crippen LogP contribution in [0.4, 0.5) is 4.79 Å². The molecule has 0 saturated carbocycles. The summed E-state index contributed by atoms with van der Waals surface area (Å²) in [7, 11) is 0. The summed E-state index contributed by atoms with van der Waals surface area (Å²) in [6.45, 7) is 2.27. The minimum Gasteiger partial charge on any atom is -0.352 e. The maximum atomic E-state index is 11.8. The summed E-state index contributed by atoms with van der Waals surface area (Å²) in [4.78, 5) is 34.0. The molecule has 4 amide bonds. The first kappa shape index (κ1) is 15.3. The van der Waals surface area contributed by atoms with Crippen molar-refractivity contribution >= 4 is 29.4 Å².